The largest absolute Gasteiger partial charge is 0.467 e. The van der Waals surface area contributed by atoms with Gasteiger partial charge in [-0.05, 0) is 90.8 Å². The summed E-state index contributed by atoms with van der Waals surface area (Å²) in [6.07, 6.45) is 0.881. The SMILES string of the molecule is COC(=O)[C@@H](OC(C)(C)C)c1c(C)cc2nc(-c3ccnc(N4CCN(C(C)(C)C)[C@@H](C)C4)n3)sc2c1-c1ccc(Cl)cc1. The van der Waals surface area contributed by atoms with Crippen molar-refractivity contribution in [3.63, 3.8) is 0 Å². The fourth-order valence-electron chi connectivity index (χ4n) is 6.00. The molecule has 8 nitrogen and oxygen atoms in total. The number of rotatable bonds is 6. The number of esters is 1. The second-order valence-electron chi connectivity index (χ2n) is 13.4. The lowest BCUT2D eigenvalue weighted by atomic mass is 9.91. The minimum Gasteiger partial charge on any atom is -0.467 e. The van der Waals surface area contributed by atoms with Gasteiger partial charge in [0.2, 0.25) is 5.95 Å². The normalized spacial score (nSPS) is 17.2. The predicted octanol–water partition coefficient (Wildman–Crippen LogP) is 7.72. The zero-order chi connectivity index (χ0) is 32.0. The molecule has 3 heterocycles. The highest BCUT2D eigenvalue weighted by Crippen LogP contribution is 2.44. The van der Waals surface area contributed by atoms with Gasteiger partial charge in [0.25, 0.3) is 0 Å². The van der Waals surface area contributed by atoms with Crippen LogP contribution in [0.3, 0.4) is 0 Å². The number of hydrogen-bond acceptors (Lipinski definition) is 9. The van der Waals surface area contributed by atoms with Crippen LogP contribution in [-0.4, -0.2) is 69.7 Å². The molecule has 0 saturated carbocycles. The van der Waals surface area contributed by atoms with Crippen molar-refractivity contribution in [1.82, 2.24) is 19.9 Å². The molecule has 0 N–H and O–H groups in total. The Kier molecular flexibility index (Phi) is 9.06. The number of carbonyl (C=O) groups excluding carboxylic acids is 1. The average Bonchev–Trinajstić information content (AvgIpc) is 3.38. The molecule has 10 heteroatoms. The summed E-state index contributed by atoms with van der Waals surface area (Å²) in [5.41, 5.74) is 4.53. The molecular formula is C34H42ClN5O3S. The van der Waals surface area contributed by atoms with Gasteiger partial charge in [-0.25, -0.2) is 19.7 Å². The van der Waals surface area contributed by atoms with E-state index in [9.17, 15) is 4.79 Å². The number of fused-ring (bicyclic) bond motifs is 1. The number of halogens is 1. The van der Waals surface area contributed by atoms with E-state index >= 15 is 0 Å². The van der Waals surface area contributed by atoms with Crippen LogP contribution in [0.4, 0.5) is 5.95 Å². The summed E-state index contributed by atoms with van der Waals surface area (Å²) >= 11 is 7.83. The smallest absolute Gasteiger partial charge is 0.339 e. The lowest BCUT2D eigenvalue weighted by molar-refractivity contribution is -0.164. The molecule has 1 aliphatic rings. The fourth-order valence-corrected chi connectivity index (χ4v) is 7.22. The molecule has 0 radical (unpaired) electrons. The van der Waals surface area contributed by atoms with E-state index in [1.807, 2.05) is 70.3 Å². The number of ether oxygens (including phenoxy) is 2. The Morgan fingerprint density at radius 2 is 1.77 bits per heavy atom. The quantitative estimate of drug-likeness (QED) is 0.199. The molecule has 0 amide bonds. The Labute approximate surface area is 269 Å². The minimum atomic E-state index is -0.931. The third kappa shape index (κ3) is 6.76. The third-order valence-electron chi connectivity index (χ3n) is 7.84. The Hall–Kier alpha value is -3.11. The van der Waals surface area contributed by atoms with Gasteiger partial charge in [-0.2, -0.15) is 0 Å². The van der Waals surface area contributed by atoms with Crippen molar-refractivity contribution >= 4 is 45.1 Å². The number of hydrogen-bond donors (Lipinski definition) is 0. The summed E-state index contributed by atoms with van der Waals surface area (Å²) in [6.45, 7) is 19.5. The first-order valence-electron chi connectivity index (χ1n) is 15.0. The van der Waals surface area contributed by atoms with E-state index in [1.165, 1.54) is 7.11 Å². The van der Waals surface area contributed by atoms with E-state index in [4.69, 9.17) is 31.0 Å². The van der Waals surface area contributed by atoms with Crippen LogP contribution in [0.1, 0.15) is 65.7 Å². The molecule has 1 aliphatic heterocycles. The van der Waals surface area contributed by atoms with Crippen molar-refractivity contribution in [2.45, 2.75) is 78.7 Å². The molecule has 44 heavy (non-hydrogen) atoms. The fraction of sp³-hybridized carbons (Fsp3) is 0.471. The maximum atomic E-state index is 13.2. The van der Waals surface area contributed by atoms with Crippen molar-refractivity contribution < 1.29 is 14.3 Å². The van der Waals surface area contributed by atoms with Gasteiger partial charge >= 0.3 is 5.97 Å². The first-order chi connectivity index (χ1) is 20.7. The van der Waals surface area contributed by atoms with Crippen LogP contribution in [0, 0.1) is 6.92 Å². The molecule has 1 fully saturated rings. The molecule has 0 spiro atoms. The molecule has 234 valence electrons. The van der Waals surface area contributed by atoms with Crippen LogP contribution in [-0.2, 0) is 14.3 Å². The zero-order valence-electron chi connectivity index (χ0n) is 27.1. The van der Waals surface area contributed by atoms with Gasteiger partial charge in [-0.15, -0.1) is 11.3 Å². The van der Waals surface area contributed by atoms with Gasteiger partial charge in [-0.3, -0.25) is 4.90 Å². The van der Waals surface area contributed by atoms with E-state index in [0.29, 0.717) is 17.0 Å². The summed E-state index contributed by atoms with van der Waals surface area (Å²) in [4.78, 5) is 32.7. The van der Waals surface area contributed by atoms with Gasteiger partial charge in [-0.1, -0.05) is 23.7 Å². The second kappa shape index (κ2) is 12.4. The van der Waals surface area contributed by atoms with Gasteiger partial charge in [0, 0.05) is 53.6 Å². The second-order valence-corrected chi connectivity index (χ2v) is 14.8. The molecule has 4 aromatic rings. The molecule has 2 aromatic carbocycles. The monoisotopic (exact) mass is 635 g/mol. The highest BCUT2D eigenvalue weighted by molar-refractivity contribution is 7.22. The molecule has 1 saturated heterocycles. The van der Waals surface area contributed by atoms with E-state index in [-0.39, 0.29) is 5.54 Å². The van der Waals surface area contributed by atoms with Crippen molar-refractivity contribution in [1.29, 1.82) is 0 Å². The van der Waals surface area contributed by atoms with E-state index < -0.39 is 17.7 Å². The molecule has 0 aliphatic carbocycles. The summed E-state index contributed by atoms with van der Waals surface area (Å²) in [7, 11) is 1.39. The van der Waals surface area contributed by atoms with Crippen LogP contribution in [0.15, 0.2) is 42.6 Å². The highest BCUT2D eigenvalue weighted by atomic mass is 35.5. The Morgan fingerprint density at radius 1 is 1.07 bits per heavy atom. The van der Waals surface area contributed by atoms with Gasteiger partial charge < -0.3 is 14.4 Å². The lowest BCUT2D eigenvalue weighted by Gasteiger charge is -2.46. The first kappa shape index (κ1) is 32.3. The van der Waals surface area contributed by atoms with Crippen LogP contribution in [0.25, 0.3) is 32.0 Å². The number of aryl methyl sites for hydroxylation is 1. The zero-order valence-corrected chi connectivity index (χ0v) is 28.6. The molecule has 5 rings (SSSR count). The standard InChI is InChI=1S/C34H42ClN5O3S/c1-20-18-25-29(27(22-10-12-23(35)13-11-22)26(20)28(31(41)42-9)43-34(6,7)8)44-30(37-25)24-14-15-36-32(38-24)39-16-17-40(21(2)19-39)33(3,4)5/h10-15,18,21,28H,16-17,19H2,1-9H3/t21-,28-/m0/s1. The maximum Gasteiger partial charge on any atom is 0.339 e. The van der Waals surface area contributed by atoms with E-state index in [1.54, 1.807) is 11.3 Å². The van der Waals surface area contributed by atoms with E-state index in [2.05, 4.69) is 42.5 Å². The summed E-state index contributed by atoms with van der Waals surface area (Å²) in [5, 5.41) is 1.41. The average molecular weight is 636 g/mol. The molecular weight excluding hydrogens is 594 g/mol. The number of piperazine rings is 1. The van der Waals surface area contributed by atoms with Crippen LogP contribution in [0.2, 0.25) is 5.02 Å². The Bertz CT molecular complexity index is 1660. The van der Waals surface area contributed by atoms with Gasteiger partial charge in [0.1, 0.15) is 10.7 Å². The maximum absolute atomic E-state index is 13.2. The summed E-state index contributed by atoms with van der Waals surface area (Å²) < 4.78 is 12.5. The minimum absolute atomic E-state index is 0.110. The van der Waals surface area contributed by atoms with Crippen LogP contribution < -0.4 is 4.90 Å². The Balaban J connectivity index is 1.62. The number of nitrogens with zero attached hydrogens (tertiary/aromatic N) is 5. The highest BCUT2D eigenvalue weighted by Gasteiger charge is 2.34. The Morgan fingerprint density at radius 3 is 2.39 bits per heavy atom. The van der Waals surface area contributed by atoms with Crippen molar-refractivity contribution in [2.75, 3.05) is 31.6 Å². The topological polar surface area (TPSA) is 80.7 Å². The van der Waals surface area contributed by atoms with Crippen molar-refractivity contribution in [3.05, 3.63) is 58.7 Å². The van der Waals surface area contributed by atoms with Gasteiger partial charge in [0.05, 0.1) is 22.9 Å². The van der Waals surface area contributed by atoms with Crippen molar-refractivity contribution in [2.24, 2.45) is 0 Å². The third-order valence-corrected chi connectivity index (χ3v) is 9.21. The molecule has 2 atom stereocenters. The van der Waals surface area contributed by atoms with Crippen LogP contribution in [0.5, 0.6) is 0 Å². The van der Waals surface area contributed by atoms with Crippen LogP contribution >= 0.6 is 22.9 Å². The number of anilines is 1. The molecule has 0 unspecified atom stereocenters. The number of benzene rings is 2. The number of aromatic nitrogens is 3. The molecule has 0 bridgehead atoms. The van der Waals surface area contributed by atoms with Crippen molar-refractivity contribution in [3.8, 4) is 21.8 Å². The number of thiazole rings is 1. The lowest BCUT2D eigenvalue weighted by Crippen LogP contribution is -2.58. The molecule has 2 aromatic heterocycles. The number of methoxy groups -OCH3 is 1. The number of carbonyl (C=O) groups is 1. The first-order valence-corrected chi connectivity index (χ1v) is 16.2. The summed E-state index contributed by atoms with van der Waals surface area (Å²) in [6, 6.07) is 11.9. The van der Waals surface area contributed by atoms with E-state index in [0.717, 1.165) is 62.8 Å². The predicted molar refractivity (Wildman–Crippen MR) is 180 cm³/mol. The van der Waals surface area contributed by atoms with Gasteiger partial charge in [0.15, 0.2) is 6.10 Å². The summed E-state index contributed by atoms with van der Waals surface area (Å²) in [5.74, 6) is 0.254.